The molecular weight excluding hydrogens is 536 g/mol. The van der Waals surface area contributed by atoms with Crippen molar-refractivity contribution in [2.24, 2.45) is 16.6 Å². The maximum Gasteiger partial charge on any atom is 0.335 e. The molecule has 2 aromatic rings. The first-order chi connectivity index (χ1) is 20.0. The van der Waals surface area contributed by atoms with Crippen LogP contribution in [-0.2, 0) is 20.8 Å². The lowest BCUT2D eigenvalue weighted by atomic mass is 9.96. The molecule has 5 N–H and O–H groups in total. The van der Waals surface area contributed by atoms with E-state index in [-0.39, 0.29) is 40.4 Å². The molecule has 1 aliphatic carbocycles. The summed E-state index contributed by atoms with van der Waals surface area (Å²) in [5.41, 5.74) is 13.7. The van der Waals surface area contributed by atoms with Crippen LogP contribution in [0.2, 0.25) is 0 Å². The van der Waals surface area contributed by atoms with Gasteiger partial charge in [0.05, 0.1) is 18.4 Å². The summed E-state index contributed by atoms with van der Waals surface area (Å²) < 4.78 is 10.7. The molecule has 3 heterocycles. The van der Waals surface area contributed by atoms with Gasteiger partial charge in [-0.2, -0.15) is 5.26 Å². The fourth-order valence-electron chi connectivity index (χ4n) is 5.51. The van der Waals surface area contributed by atoms with E-state index in [1.165, 1.54) is 19.0 Å². The zero-order valence-corrected chi connectivity index (χ0v) is 24.5. The highest BCUT2D eigenvalue weighted by Gasteiger charge is 2.34. The standard InChI is InChI=1S/C19H21N5O2.C12H19NO3/c20-15-7-8-22-18(25)16(15)17(21)23-12-5-6-14-11(9-12)10-24(19(14)26)13-3-1-2-4-13;1-12(2,3)16-11(14)10-5-4-9(6-7-13)8-15-10/h5-9,13H,1-4,10H2,(H2,21,23)(H3,20,22,25);9-10H,4-6,8H2,1-3H3. The predicted molar refractivity (Wildman–Crippen MR) is 159 cm³/mol. The molecule has 0 radical (unpaired) electrons. The SMILES string of the molecule is CC(C)(C)OC(=O)C1CCC(CC#N)CO1.NC(=Nc1ccc2c(c1)CN(C1CCCC1)C2=O)c1c(N)cc[nH]c1=O. The van der Waals surface area contributed by atoms with Crippen molar-refractivity contribution in [3.63, 3.8) is 0 Å². The number of nitrogens with zero attached hydrogens (tertiary/aromatic N) is 3. The topological polar surface area (TPSA) is 177 Å². The number of aromatic amines is 1. The minimum Gasteiger partial charge on any atom is -0.458 e. The summed E-state index contributed by atoms with van der Waals surface area (Å²) in [5.74, 6) is 0.131. The molecule has 11 nitrogen and oxygen atoms in total. The molecule has 1 amide bonds. The summed E-state index contributed by atoms with van der Waals surface area (Å²) in [4.78, 5) is 45.1. The molecular formula is C31H40N6O5. The molecule has 2 aliphatic heterocycles. The Balaban J connectivity index is 0.000000219. The van der Waals surface area contributed by atoms with Crippen molar-refractivity contribution in [2.45, 2.75) is 90.0 Å². The zero-order valence-electron chi connectivity index (χ0n) is 24.5. The minimum absolute atomic E-state index is 0.0567. The van der Waals surface area contributed by atoms with E-state index in [1.54, 1.807) is 18.2 Å². The first-order valence-electron chi connectivity index (χ1n) is 14.4. The molecule has 42 heavy (non-hydrogen) atoms. The molecule has 1 saturated heterocycles. The predicted octanol–water partition coefficient (Wildman–Crippen LogP) is 3.93. The van der Waals surface area contributed by atoms with Crippen LogP contribution in [0.25, 0.3) is 0 Å². The van der Waals surface area contributed by atoms with E-state index in [0.717, 1.165) is 30.4 Å². The van der Waals surface area contributed by atoms with Gasteiger partial charge in [-0.15, -0.1) is 0 Å². The average Bonchev–Trinajstić information content (AvgIpc) is 3.57. The largest absolute Gasteiger partial charge is 0.458 e. The smallest absolute Gasteiger partial charge is 0.335 e. The molecule has 0 spiro atoms. The number of pyridine rings is 1. The number of esters is 1. The number of benzene rings is 1. The van der Waals surface area contributed by atoms with E-state index in [2.05, 4.69) is 16.0 Å². The highest BCUT2D eigenvalue weighted by molar-refractivity contribution is 6.03. The summed E-state index contributed by atoms with van der Waals surface area (Å²) in [7, 11) is 0. The quantitative estimate of drug-likeness (QED) is 0.272. The Bertz CT molecular complexity index is 1420. The van der Waals surface area contributed by atoms with Gasteiger partial charge in [0.25, 0.3) is 11.5 Å². The third-order valence-corrected chi connectivity index (χ3v) is 7.60. The van der Waals surface area contributed by atoms with E-state index in [1.807, 2.05) is 31.7 Å². The summed E-state index contributed by atoms with van der Waals surface area (Å²) in [6.07, 6.45) is 7.55. The van der Waals surface area contributed by atoms with Gasteiger partial charge in [0.15, 0.2) is 6.10 Å². The molecule has 1 saturated carbocycles. The molecule has 2 fully saturated rings. The van der Waals surface area contributed by atoms with Gasteiger partial charge in [-0.05, 0) is 82.2 Å². The number of carbonyl (C=O) groups is 2. The van der Waals surface area contributed by atoms with Crippen molar-refractivity contribution >= 4 is 29.1 Å². The van der Waals surface area contributed by atoms with Crippen molar-refractivity contribution in [2.75, 3.05) is 12.3 Å². The van der Waals surface area contributed by atoms with Gasteiger partial charge in [-0.25, -0.2) is 9.79 Å². The van der Waals surface area contributed by atoms with E-state index in [4.69, 9.17) is 26.2 Å². The number of hydrogen-bond acceptors (Lipinski definition) is 8. The van der Waals surface area contributed by atoms with Crippen LogP contribution in [0.3, 0.4) is 0 Å². The first kappa shape index (κ1) is 30.8. The normalized spacial score (nSPS) is 20.9. The molecule has 3 aliphatic rings. The molecule has 224 valence electrons. The summed E-state index contributed by atoms with van der Waals surface area (Å²) in [6.45, 7) is 6.61. The number of nitrogen functional groups attached to an aromatic ring is 1. The number of amidine groups is 1. The monoisotopic (exact) mass is 576 g/mol. The third-order valence-electron chi connectivity index (χ3n) is 7.60. The van der Waals surface area contributed by atoms with Crippen LogP contribution >= 0.6 is 0 Å². The molecule has 5 rings (SSSR count). The Kier molecular flexibility index (Phi) is 9.68. The van der Waals surface area contributed by atoms with Gasteiger partial charge in [-0.3, -0.25) is 9.59 Å². The first-order valence-corrected chi connectivity index (χ1v) is 14.4. The maximum atomic E-state index is 12.6. The third kappa shape index (κ3) is 7.56. The average molecular weight is 577 g/mol. The lowest BCUT2D eigenvalue weighted by molar-refractivity contribution is -0.173. The van der Waals surface area contributed by atoms with E-state index < -0.39 is 11.7 Å². The number of nitriles is 1. The van der Waals surface area contributed by atoms with Crippen LogP contribution in [0.15, 0.2) is 40.2 Å². The molecule has 0 bridgehead atoms. The number of nitrogens with one attached hydrogen (secondary N) is 1. The number of carbonyl (C=O) groups excluding carboxylic acids is 2. The fourth-order valence-corrected chi connectivity index (χ4v) is 5.51. The maximum absolute atomic E-state index is 12.6. The lowest BCUT2D eigenvalue weighted by Gasteiger charge is -2.29. The number of rotatable bonds is 5. The molecule has 2 atom stereocenters. The highest BCUT2D eigenvalue weighted by Crippen LogP contribution is 2.33. The van der Waals surface area contributed by atoms with Crippen LogP contribution in [0.1, 0.15) is 87.2 Å². The van der Waals surface area contributed by atoms with Crippen molar-refractivity contribution < 1.29 is 19.1 Å². The van der Waals surface area contributed by atoms with Crippen LogP contribution in [0, 0.1) is 17.2 Å². The number of amides is 1. The van der Waals surface area contributed by atoms with E-state index in [9.17, 15) is 14.4 Å². The van der Waals surface area contributed by atoms with Crippen LogP contribution < -0.4 is 17.0 Å². The zero-order chi connectivity index (χ0) is 30.4. The number of hydrogen-bond donors (Lipinski definition) is 3. The van der Waals surface area contributed by atoms with Crippen molar-refractivity contribution in [1.82, 2.24) is 9.88 Å². The number of nitrogens with two attached hydrogens (primary N) is 2. The Morgan fingerprint density at radius 3 is 2.55 bits per heavy atom. The second-order valence-corrected chi connectivity index (χ2v) is 12.0. The van der Waals surface area contributed by atoms with E-state index >= 15 is 0 Å². The van der Waals surface area contributed by atoms with Crippen LogP contribution in [0.4, 0.5) is 11.4 Å². The molecule has 1 aromatic carbocycles. The Morgan fingerprint density at radius 2 is 1.93 bits per heavy atom. The van der Waals surface area contributed by atoms with Gasteiger partial charge >= 0.3 is 5.97 Å². The minimum atomic E-state index is -0.468. The van der Waals surface area contributed by atoms with Crippen molar-refractivity contribution in [3.05, 3.63) is 57.5 Å². The van der Waals surface area contributed by atoms with Gasteiger partial charge in [0.2, 0.25) is 0 Å². The second kappa shape index (κ2) is 13.2. The van der Waals surface area contributed by atoms with Crippen molar-refractivity contribution in [1.29, 1.82) is 5.26 Å². The van der Waals surface area contributed by atoms with Gasteiger partial charge in [0.1, 0.15) is 17.0 Å². The lowest BCUT2D eigenvalue weighted by Crippen LogP contribution is -2.37. The Hall–Kier alpha value is -4.17. The van der Waals surface area contributed by atoms with Gasteiger partial charge in [0, 0.05) is 36.5 Å². The molecule has 1 aromatic heterocycles. The number of aromatic nitrogens is 1. The fraction of sp³-hybridized carbons (Fsp3) is 0.516. The Labute approximate surface area is 245 Å². The number of ether oxygens (including phenoxy) is 2. The van der Waals surface area contributed by atoms with Gasteiger partial charge < -0.3 is 30.8 Å². The van der Waals surface area contributed by atoms with Crippen LogP contribution in [-0.4, -0.2) is 51.9 Å². The number of aliphatic imine (C=N–C) groups is 1. The molecule has 2 unspecified atom stereocenters. The van der Waals surface area contributed by atoms with Gasteiger partial charge in [-0.1, -0.05) is 12.8 Å². The summed E-state index contributed by atoms with van der Waals surface area (Å²) >= 11 is 0. The van der Waals surface area contributed by atoms with E-state index in [0.29, 0.717) is 37.7 Å². The summed E-state index contributed by atoms with van der Waals surface area (Å²) in [6, 6.07) is 9.43. The number of H-pyrrole nitrogens is 1. The van der Waals surface area contributed by atoms with Crippen molar-refractivity contribution in [3.8, 4) is 6.07 Å². The molecule has 11 heteroatoms. The number of anilines is 1. The second-order valence-electron chi connectivity index (χ2n) is 12.0. The number of fused-ring (bicyclic) bond motifs is 1. The highest BCUT2D eigenvalue weighted by atomic mass is 16.6. The Morgan fingerprint density at radius 1 is 1.19 bits per heavy atom. The summed E-state index contributed by atoms with van der Waals surface area (Å²) in [5, 5.41) is 8.55. The van der Waals surface area contributed by atoms with Crippen LogP contribution in [0.5, 0.6) is 0 Å².